The quantitative estimate of drug-likeness (QED) is 0.664. The maximum atomic E-state index is 13.0. The summed E-state index contributed by atoms with van der Waals surface area (Å²) in [6.07, 6.45) is 0. The van der Waals surface area contributed by atoms with E-state index in [1.165, 1.54) is 16.8 Å². The number of carbonyl (C=O) groups excluding carboxylic acids is 1. The number of aromatic nitrogens is 2. The summed E-state index contributed by atoms with van der Waals surface area (Å²) in [6.45, 7) is 2.95. The van der Waals surface area contributed by atoms with E-state index in [0.29, 0.717) is 18.8 Å². The Bertz CT molecular complexity index is 995. The van der Waals surface area contributed by atoms with Gasteiger partial charge in [-0.15, -0.1) is 0 Å². The Morgan fingerprint density at radius 1 is 0.964 bits per heavy atom. The van der Waals surface area contributed by atoms with Crippen molar-refractivity contribution in [3.8, 4) is 5.69 Å². The largest absolute Gasteiger partial charge is 0.378 e. The molecule has 0 unspecified atom stereocenters. The number of amides is 1. The molecule has 6 nitrogen and oxygen atoms in total. The molecule has 0 saturated carbocycles. The minimum atomic E-state index is -0.273. The van der Waals surface area contributed by atoms with Crippen LogP contribution in [0.2, 0.25) is 0 Å². The van der Waals surface area contributed by atoms with Crippen molar-refractivity contribution in [1.29, 1.82) is 0 Å². The zero-order valence-corrected chi connectivity index (χ0v) is 16.4. The van der Waals surface area contributed by atoms with E-state index in [1.807, 2.05) is 68.4 Å². The second kappa shape index (κ2) is 8.52. The van der Waals surface area contributed by atoms with Crippen molar-refractivity contribution in [1.82, 2.24) is 14.7 Å². The van der Waals surface area contributed by atoms with Gasteiger partial charge in [-0.3, -0.25) is 9.59 Å². The molecule has 0 aliphatic carbocycles. The van der Waals surface area contributed by atoms with Gasteiger partial charge in [0.05, 0.1) is 5.69 Å². The third kappa shape index (κ3) is 4.28. The fourth-order valence-electron chi connectivity index (χ4n) is 2.89. The first kappa shape index (κ1) is 19.4. The Labute approximate surface area is 164 Å². The number of hydrogen-bond acceptors (Lipinski definition) is 4. The van der Waals surface area contributed by atoms with Crippen LogP contribution < -0.4 is 10.5 Å². The van der Waals surface area contributed by atoms with E-state index in [-0.39, 0.29) is 17.2 Å². The van der Waals surface area contributed by atoms with Crippen LogP contribution in [-0.2, 0) is 6.54 Å². The number of rotatable bonds is 6. The molecule has 3 aromatic rings. The van der Waals surface area contributed by atoms with Crippen LogP contribution in [0.3, 0.4) is 0 Å². The maximum Gasteiger partial charge on any atom is 0.274 e. The molecule has 0 spiro atoms. The molecule has 0 aliphatic rings. The molecule has 0 bridgehead atoms. The van der Waals surface area contributed by atoms with Gasteiger partial charge < -0.3 is 9.80 Å². The predicted molar refractivity (Wildman–Crippen MR) is 111 cm³/mol. The average molecular weight is 376 g/mol. The molecule has 1 amide bonds. The van der Waals surface area contributed by atoms with Gasteiger partial charge in [0, 0.05) is 38.9 Å². The molecule has 144 valence electrons. The molecule has 0 aliphatic heterocycles. The Kier molecular flexibility index (Phi) is 5.89. The summed E-state index contributed by atoms with van der Waals surface area (Å²) in [5.74, 6) is -0.205. The summed E-state index contributed by atoms with van der Waals surface area (Å²) in [6, 6.07) is 20.1. The molecule has 3 rings (SSSR count). The lowest BCUT2D eigenvalue weighted by Crippen LogP contribution is -2.33. The Hall–Kier alpha value is -3.41. The van der Waals surface area contributed by atoms with Gasteiger partial charge in [0.25, 0.3) is 11.5 Å². The Morgan fingerprint density at radius 2 is 1.64 bits per heavy atom. The molecule has 0 atom stereocenters. The minimum Gasteiger partial charge on any atom is -0.378 e. The summed E-state index contributed by atoms with van der Waals surface area (Å²) in [7, 11) is 3.98. The van der Waals surface area contributed by atoms with Gasteiger partial charge in [-0.2, -0.15) is 9.78 Å². The number of hydrogen-bond donors (Lipinski definition) is 0. The van der Waals surface area contributed by atoms with Crippen molar-refractivity contribution in [3.05, 3.63) is 88.3 Å². The molecular weight excluding hydrogens is 352 g/mol. The lowest BCUT2D eigenvalue weighted by molar-refractivity contribution is 0.0744. The third-order valence-corrected chi connectivity index (χ3v) is 4.52. The zero-order valence-electron chi connectivity index (χ0n) is 16.4. The first-order valence-electron chi connectivity index (χ1n) is 9.21. The van der Waals surface area contributed by atoms with Gasteiger partial charge in [-0.1, -0.05) is 30.3 Å². The third-order valence-electron chi connectivity index (χ3n) is 4.52. The highest BCUT2D eigenvalue weighted by molar-refractivity contribution is 5.92. The molecule has 0 saturated heterocycles. The van der Waals surface area contributed by atoms with Crippen LogP contribution in [0.1, 0.15) is 23.0 Å². The summed E-state index contributed by atoms with van der Waals surface area (Å²) >= 11 is 0. The molecule has 2 aromatic carbocycles. The van der Waals surface area contributed by atoms with Crippen LogP contribution in [0.5, 0.6) is 0 Å². The van der Waals surface area contributed by atoms with Crippen molar-refractivity contribution in [2.75, 3.05) is 25.5 Å². The van der Waals surface area contributed by atoms with Crippen LogP contribution in [-0.4, -0.2) is 41.2 Å². The minimum absolute atomic E-state index is 0.205. The molecule has 6 heteroatoms. The lowest BCUT2D eigenvalue weighted by atomic mass is 10.2. The highest BCUT2D eigenvalue weighted by atomic mass is 16.2. The second-order valence-corrected chi connectivity index (χ2v) is 6.68. The second-order valence-electron chi connectivity index (χ2n) is 6.68. The highest BCUT2D eigenvalue weighted by Crippen LogP contribution is 2.15. The van der Waals surface area contributed by atoms with Gasteiger partial charge in [-0.25, -0.2) is 0 Å². The standard InChI is InChI=1S/C22H24N4O2/c1-4-25(16-17-10-12-18(13-11-17)24(2)3)22(28)20-14-15-21(27)26(23-20)19-8-6-5-7-9-19/h5-15H,4,16H2,1-3H3. The Balaban J connectivity index is 1.84. The first-order valence-corrected chi connectivity index (χ1v) is 9.21. The van der Waals surface area contributed by atoms with E-state index in [9.17, 15) is 9.59 Å². The first-order chi connectivity index (χ1) is 13.5. The number of para-hydroxylation sites is 1. The fraction of sp³-hybridized carbons (Fsp3) is 0.227. The molecule has 1 aromatic heterocycles. The van der Waals surface area contributed by atoms with Crippen molar-refractivity contribution in [3.63, 3.8) is 0 Å². The highest BCUT2D eigenvalue weighted by Gasteiger charge is 2.17. The summed E-state index contributed by atoms with van der Waals surface area (Å²) in [4.78, 5) is 28.9. The number of nitrogens with zero attached hydrogens (tertiary/aromatic N) is 4. The van der Waals surface area contributed by atoms with Gasteiger partial charge in [0.1, 0.15) is 5.69 Å². The van der Waals surface area contributed by atoms with E-state index >= 15 is 0 Å². The van der Waals surface area contributed by atoms with E-state index in [2.05, 4.69) is 5.10 Å². The monoisotopic (exact) mass is 376 g/mol. The van der Waals surface area contributed by atoms with E-state index in [1.54, 1.807) is 17.0 Å². The molecule has 0 N–H and O–H groups in total. The normalized spacial score (nSPS) is 10.5. The van der Waals surface area contributed by atoms with E-state index < -0.39 is 0 Å². The van der Waals surface area contributed by atoms with Crippen molar-refractivity contribution in [2.24, 2.45) is 0 Å². The van der Waals surface area contributed by atoms with Crippen LogP contribution in [0.4, 0.5) is 5.69 Å². The molecule has 28 heavy (non-hydrogen) atoms. The topological polar surface area (TPSA) is 58.4 Å². The summed E-state index contributed by atoms with van der Waals surface area (Å²) in [5.41, 5.74) is 2.75. The van der Waals surface area contributed by atoms with Crippen LogP contribution >= 0.6 is 0 Å². The summed E-state index contributed by atoms with van der Waals surface area (Å²) in [5, 5.41) is 4.30. The van der Waals surface area contributed by atoms with E-state index in [0.717, 1.165) is 11.3 Å². The fourth-order valence-corrected chi connectivity index (χ4v) is 2.89. The molecular formula is C22H24N4O2. The van der Waals surface area contributed by atoms with Gasteiger partial charge in [0.2, 0.25) is 0 Å². The zero-order chi connectivity index (χ0) is 20.1. The van der Waals surface area contributed by atoms with Gasteiger partial charge in [0.15, 0.2) is 0 Å². The lowest BCUT2D eigenvalue weighted by Gasteiger charge is -2.21. The van der Waals surface area contributed by atoms with Crippen molar-refractivity contribution in [2.45, 2.75) is 13.5 Å². The van der Waals surface area contributed by atoms with Crippen LogP contribution in [0.15, 0.2) is 71.5 Å². The molecule has 0 fully saturated rings. The molecule has 1 heterocycles. The average Bonchev–Trinajstić information content (AvgIpc) is 2.73. The number of benzene rings is 2. The number of carbonyl (C=O) groups is 1. The van der Waals surface area contributed by atoms with Crippen molar-refractivity contribution < 1.29 is 4.79 Å². The SMILES string of the molecule is CCN(Cc1ccc(N(C)C)cc1)C(=O)c1ccc(=O)n(-c2ccccc2)n1. The summed E-state index contributed by atoms with van der Waals surface area (Å²) < 4.78 is 1.26. The van der Waals surface area contributed by atoms with Crippen LogP contribution in [0.25, 0.3) is 5.69 Å². The molecule has 0 radical (unpaired) electrons. The van der Waals surface area contributed by atoms with Crippen molar-refractivity contribution >= 4 is 11.6 Å². The van der Waals surface area contributed by atoms with Crippen LogP contribution in [0, 0.1) is 0 Å². The predicted octanol–water partition coefficient (Wildman–Crippen LogP) is 2.96. The van der Waals surface area contributed by atoms with Gasteiger partial charge in [-0.05, 0) is 42.8 Å². The smallest absolute Gasteiger partial charge is 0.274 e. The Morgan fingerprint density at radius 3 is 2.25 bits per heavy atom. The number of anilines is 1. The van der Waals surface area contributed by atoms with Gasteiger partial charge >= 0.3 is 0 Å². The maximum absolute atomic E-state index is 13.0. The van der Waals surface area contributed by atoms with E-state index in [4.69, 9.17) is 0 Å².